The molecular formula is C14H14F2IN3O3. The van der Waals surface area contributed by atoms with Gasteiger partial charge < -0.3 is 14.8 Å². The maximum absolute atomic E-state index is 12.4. The fourth-order valence-corrected chi connectivity index (χ4v) is 2.61. The lowest BCUT2D eigenvalue weighted by Crippen LogP contribution is -2.14. The molecule has 9 heteroatoms. The number of aryl methyl sites for hydroxylation is 1. The lowest BCUT2D eigenvalue weighted by atomic mass is 10.2. The van der Waals surface area contributed by atoms with Gasteiger partial charge in [0, 0.05) is 25.0 Å². The maximum atomic E-state index is 12.4. The first-order valence-corrected chi connectivity index (χ1v) is 7.70. The van der Waals surface area contributed by atoms with Crippen LogP contribution in [0, 0.1) is 3.57 Å². The van der Waals surface area contributed by atoms with Crippen LogP contribution in [0.1, 0.15) is 17.4 Å². The molecule has 0 atom stereocenters. The summed E-state index contributed by atoms with van der Waals surface area (Å²) in [5.41, 5.74) is 0.667. The van der Waals surface area contributed by atoms with Crippen LogP contribution in [-0.2, 0) is 7.05 Å². The largest absolute Gasteiger partial charge is 0.490 e. The van der Waals surface area contributed by atoms with Crippen LogP contribution in [0.15, 0.2) is 24.4 Å². The molecule has 0 bridgehead atoms. The van der Waals surface area contributed by atoms with Crippen molar-refractivity contribution in [3.05, 3.63) is 33.7 Å². The van der Waals surface area contributed by atoms with E-state index in [0.29, 0.717) is 9.26 Å². The number of nitrogens with zero attached hydrogens (tertiary/aromatic N) is 2. The average molecular weight is 437 g/mol. The Morgan fingerprint density at radius 2 is 2.17 bits per heavy atom. The Kier molecular flexibility index (Phi) is 5.74. The number of benzene rings is 1. The normalized spacial score (nSPS) is 10.7. The van der Waals surface area contributed by atoms with Crippen LogP contribution in [0.5, 0.6) is 11.5 Å². The van der Waals surface area contributed by atoms with E-state index in [0.717, 1.165) is 0 Å². The maximum Gasteiger partial charge on any atom is 0.387 e. The standard InChI is InChI=1S/C14H14F2IN3O3/c1-3-22-11-6-8(4-5-10(11)23-14(15)16)18-13(21)12-9(17)7-20(2)19-12/h4-7,14H,3H2,1-2H3,(H,18,21). The summed E-state index contributed by atoms with van der Waals surface area (Å²) in [6.45, 7) is -0.965. The number of alkyl halides is 2. The third-order valence-corrected chi connectivity index (χ3v) is 3.51. The molecule has 124 valence electrons. The van der Waals surface area contributed by atoms with Crippen molar-refractivity contribution in [2.24, 2.45) is 7.05 Å². The number of amides is 1. The van der Waals surface area contributed by atoms with Crippen molar-refractivity contribution in [1.82, 2.24) is 9.78 Å². The van der Waals surface area contributed by atoms with E-state index in [1.165, 1.54) is 22.9 Å². The first kappa shape index (κ1) is 17.4. The number of nitrogens with one attached hydrogen (secondary N) is 1. The summed E-state index contributed by atoms with van der Waals surface area (Å²) < 4.78 is 36.6. The van der Waals surface area contributed by atoms with E-state index in [1.54, 1.807) is 20.2 Å². The minimum atomic E-state index is -2.95. The van der Waals surface area contributed by atoms with E-state index in [1.807, 2.05) is 22.6 Å². The molecule has 0 fully saturated rings. The van der Waals surface area contributed by atoms with Crippen LogP contribution < -0.4 is 14.8 Å². The Morgan fingerprint density at radius 1 is 1.43 bits per heavy atom. The fourth-order valence-electron chi connectivity index (χ4n) is 1.85. The van der Waals surface area contributed by atoms with Gasteiger partial charge in [-0.05, 0) is 41.6 Å². The topological polar surface area (TPSA) is 65.4 Å². The number of carbonyl (C=O) groups is 1. The minimum Gasteiger partial charge on any atom is -0.490 e. The molecule has 1 aromatic heterocycles. The van der Waals surface area contributed by atoms with Crippen LogP contribution in [0.2, 0.25) is 0 Å². The zero-order chi connectivity index (χ0) is 17.0. The van der Waals surface area contributed by atoms with Crippen molar-refractivity contribution in [1.29, 1.82) is 0 Å². The molecule has 1 amide bonds. The van der Waals surface area contributed by atoms with Gasteiger partial charge in [-0.15, -0.1) is 0 Å². The number of hydrogen-bond acceptors (Lipinski definition) is 4. The monoisotopic (exact) mass is 437 g/mol. The van der Waals surface area contributed by atoms with Gasteiger partial charge in [-0.1, -0.05) is 0 Å². The summed E-state index contributed by atoms with van der Waals surface area (Å²) in [6.07, 6.45) is 1.71. The van der Waals surface area contributed by atoms with E-state index >= 15 is 0 Å². The Balaban J connectivity index is 2.21. The predicted octanol–water partition coefficient (Wildman–Crippen LogP) is 3.28. The number of aromatic nitrogens is 2. The quantitative estimate of drug-likeness (QED) is 0.705. The van der Waals surface area contributed by atoms with E-state index in [2.05, 4.69) is 15.2 Å². The van der Waals surface area contributed by atoms with E-state index in [9.17, 15) is 13.6 Å². The number of halogens is 3. The highest BCUT2D eigenvalue weighted by molar-refractivity contribution is 14.1. The van der Waals surface area contributed by atoms with Crippen LogP contribution in [0.4, 0.5) is 14.5 Å². The first-order valence-electron chi connectivity index (χ1n) is 6.63. The number of carbonyl (C=O) groups excluding carboxylic acids is 1. The van der Waals surface area contributed by atoms with Crippen LogP contribution in [0.3, 0.4) is 0 Å². The molecule has 1 heterocycles. The summed E-state index contributed by atoms with van der Waals surface area (Å²) in [5.74, 6) is -0.367. The van der Waals surface area contributed by atoms with Gasteiger partial charge in [0.1, 0.15) is 0 Å². The van der Waals surface area contributed by atoms with Gasteiger partial charge in [0.25, 0.3) is 5.91 Å². The van der Waals surface area contributed by atoms with Crippen LogP contribution in [-0.4, -0.2) is 28.9 Å². The lowest BCUT2D eigenvalue weighted by molar-refractivity contribution is -0.0514. The lowest BCUT2D eigenvalue weighted by Gasteiger charge is -2.13. The summed E-state index contributed by atoms with van der Waals surface area (Å²) in [7, 11) is 1.71. The second-order valence-corrected chi connectivity index (χ2v) is 5.59. The molecule has 0 aliphatic rings. The third kappa shape index (κ3) is 4.53. The zero-order valence-corrected chi connectivity index (χ0v) is 14.5. The molecule has 23 heavy (non-hydrogen) atoms. The number of anilines is 1. The van der Waals surface area contributed by atoms with Crippen LogP contribution >= 0.6 is 22.6 Å². The highest BCUT2D eigenvalue weighted by atomic mass is 127. The highest BCUT2D eigenvalue weighted by Gasteiger charge is 2.16. The van der Waals surface area contributed by atoms with Gasteiger partial charge >= 0.3 is 6.61 Å². The van der Waals surface area contributed by atoms with Crippen molar-refractivity contribution >= 4 is 34.2 Å². The van der Waals surface area contributed by atoms with E-state index < -0.39 is 12.5 Å². The molecule has 6 nitrogen and oxygen atoms in total. The summed E-state index contributed by atoms with van der Waals surface area (Å²) in [5, 5.41) is 6.71. The Hall–Kier alpha value is -1.91. The average Bonchev–Trinajstić information content (AvgIpc) is 2.80. The molecule has 2 rings (SSSR count). The molecule has 2 aromatic rings. The second kappa shape index (κ2) is 7.57. The molecule has 0 aliphatic carbocycles. The molecule has 0 unspecified atom stereocenters. The smallest absolute Gasteiger partial charge is 0.387 e. The minimum absolute atomic E-state index is 0.0905. The summed E-state index contributed by atoms with van der Waals surface area (Å²) in [6, 6.07) is 4.19. The molecule has 0 saturated carbocycles. The van der Waals surface area contributed by atoms with Crippen molar-refractivity contribution in [3.63, 3.8) is 0 Å². The predicted molar refractivity (Wildman–Crippen MR) is 88.1 cm³/mol. The van der Waals surface area contributed by atoms with Gasteiger partial charge in [-0.2, -0.15) is 13.9 Å². The number of hydrogen-bond donors (Lipinski definition) is 1. The molecule has 0 spiro atoms. The fraction of sp³-hybridized carbons (Fsp3) is 0.286. The Morgan fingerprint density at radius 3 is 2.74 bits per heavy atom. The van der Waals surface area contributed by atoms with Crippen molar-refractivity contribution < 1.29 is 23.0 Å². The third-order valence-electron chi connectivity index (χ3n) is 2.72. The van der Waals surface area contributed by atoms with Crippen molar-refractivity contribution in [3.8, 4) is 11.5 Å². The first-order chi connectivity index (χ1) is 10.9. The van der Waals surface area contributed by atoms with Gasteiger partial charge in [0.15, 0.2) is 17.2 Å². The van der Waals surface area contributed by atoms with Crippen molar-refractivity contribution in [2.45, 2.75) is 13.5 Å². The molecular weight excluding hydrogens is 423 g/mol. The highest BCUT2D eigenvalue weighted by Crippen LogP contribution is 2.32. The van der Waals surface area contributed by atoms with Gasteiger partial charge in [-0.25, -0.2) is 0 Å². The Labute approximate surface area is 144 Å². The molecule has 0 saturated heterocycles. The molecule has 1 N–H and O–H groups in total. The zero-order valence-electron chi connectivity index (χ0n) is 12.3. The Bertz CT molecular complexity index is 707. The van der Waals surface area contributed by atoms with Crippen molar-refractivity contribution in [2.75, 3.05) is 11.9 Å². The second-order valence-electron chi connectivity index (χ2n) is 4.43. The van der Waals surface area contributed by atoms with Gasteiger partial charge in [-0.3, -0.25) is 9.48 Å². The number of ether oxygens (including phenoxy) is 2. The molecule has 0 radical (unpaired) electrons. The SMILES string of the molecule is CCOc1cc(NC(=O)c2nn(C)cc2I)ccc1OC(F)F. The summed E-state index contributed by atoms with van der Waals surface area (Å²) >= 11 is 2.01. The van der Waals surface area contributed by atoms with Gasteiger partial charge in [0.2, 0.25) is 0 Å². The van der Waals surface area contributed by atoms with Gasteiger partial charge in [0.05, 0.1) is 10.2 Å². The summed E-state index contributed by atoms with van der Waals surface area (Å²) in [4.78, 5) is 12.2. The number of rotatable bonds is 6. The van der Waals surface area contributed by atoms with E-state index in [4.69, 9.17) is 4.74 Å². The molecule has 0 aliphatic heterocycles. The molecule has 1 aromatic carbocycles. The van der Waals surface area contributed by atoms with E-state index in [-0.39, 0.29) is 23.8 Å². The van der Waals surface area contributed by atoms with Crippen LogP contribution in [0.25, 0.3) is 0 Å².